The van der Waals surface area contributed by atoms with E-state index in [2.05, 4.69) is 0 Å². The number of benzene rings is 2. The van der Waals surface area contributed by atoms with Gasteiger partial charge in [0.2, 0.25) is 0 Å². The molecule has 0 fully saturated rings. The summed E-state index contributed by atoms with van der Waals surface area (Å²) in [6.07, 6.45) is 0. The summed E-state index contributed by atoms with van der Waals surface area (Å²) in [6.45, 7) is 5.61. The predicted molar refractivity (Wildman–Crippen MR) is 95.7 cm³/mol. The first kappa shape index (κ1) is 18.4. The maximum Gasteiger partial charge on any atom is 0.269 e. The van der Waals surface area contributed by atoms with Crippen molar-refractivity contribution in [2.24, 2.45) is 0 Å². The molecule has 25 heavy (non-hydrogen) atoms. The molecule has 0 aliphatic rings. The third-order valence-corrected chi connectivity index (χ3v) is 4.29. The molecule has 0 aliphatic carbocycles. The average molecular weight is 342 g/mol. The lowest BCUT2D eigenvalue weighted by Crippen LogP contribution is -2.33. The van der Waals surface area contributed by atoms with E-state index in [-0.39, 0.29) is 24.2 Å². The third-order valence-electron chi connectivity index (χ3n) is 4.29. The molecule has 0 aliphatic heterocycles. The van der Waals surface area contributed by atoms with E-state index in [1.165, 1.54) is 17.0 Å². The molecule has 0 aromatic heterocycles. The number of nitrogens with zero attached hydrogens (tertiary/aromatic N) is 2. The molecule has 0 unspecified atom stereocenters. The van der Waals surface area contributed by atoms with Crippen LogP contribution in [-0.2, 0) is 4.79 Å². The van der Waals surface area contributed by atoms with E-state index in [9.17, 15) is 14.9 Å². The first-order valence-electron chi connectivity index (χ1n) is 8.00. The number of nitro benzene ring substituents is 1. The van der Waals surface area contributed by atoms with Gasteiger partial charge < -0.3 is 9.64 Å². The van der Waals surface area contributed by atoms with Crippen molar-refractivity contribution in [3.05, 3.63) is 69.3 Å². The van der Waals surface area contributed by atoms with Gasteiger partial charge in [-0.05, 0) is 37.5 Å². The summed E-state index contributed by atoms with van der Waals surface area (Å²) in [7, 11) is 1.67. The van der Waals surface area contributed by atoms with Gasteiger partial charge in [-0.25, -0.2) is 0 Å². The third kappa shape index (κ3) is 4.35. The molecule has 0 spiro atoms. The Morgan fingerprint density at radius 2 is 1.80 bits per heavy atom. The fraction of sp³-hybridized carbons (Fsp3) is 0.316. The van der Waals surface area contributed by atoms with Crippen molar-refractivity contribution in [1.29, 1.82) is 0 Å². The predicted octanol–water partition coefficient (Wildman–Crippen LogP) is 3.81. The topological polar surface area (TPSA) is 72.7 Å². The van der Waals surface area contributed by atoms with Crippen molar-refractivity contribution in [3.8, 4) is 5.75 Å². The maximum absolute atomic E-state index is 12.4. The number of amides is 1. The van der Waals surface area contributed by atoms with Crippen LogP contribution in [0.4, 0.5) is 5.69 Å². The molecule has 1 amide bonds. The van der Waals surface area contributed by atoms with Gasteiger partial charge in [-0.1, -0.05) is 30.3 Å². The van der Waals surface area contributed by atoms with Gasteiger partial charge in [-0.15, -0.1) is 0 Å². The minimum Gasteiger partial charge on any atom is -0.483 e. The van der Waals surface area contributed by atoms with Crippen molar-refractivity contribution >= 4 is 11.6 Å². The average Bonchev–Trinajstić information content (AvgIpc) is 2.59. The molecular formula is C19H22N2O4. The van der Waals surface area contributed by atoms with E-state index >= 15 is 0 Å². The molecule has 0 N–H and O–H groups in total. The summed E-state index contributed by atoms with van der Waals surface area (Å²) in [4.78, 5) is 24.4. The lowest BCUT2D eigenvalue weighted by Gasteiger charge is -2.25. The van der Waals surface area contributed by atoms with Crippen molar-refractivity contribution in [3.63, 3.8) is 0 Å². The number of hydrogen-bond acceptors (Lipinski definition) is 4. The highest BCUT2D eigenvalue weighted by Gasteiger charge is 2.20. The van der Waals surface area contributed by atoms with E-state index in [0.717, 1.165) is 11.1 Å². The van der Waals surface area contributed by atoms with Gasteiger partial charge in [0.05, 0.1) is 11.0 Å². The second kappa shape index (κ2) is 7.79. The van der Waals surface area contributed by atoms with Gasteiger partial charge in [-0.2, -0.15) is 0 Å². The zero-order valence-electron chi connectivity index (χ0n) is 14.9. The van der Waals surface area contributed by atoms with Crippen LogP contribution in [-0.4, -0.2) is 29.4 Å². The van der Waals surface area contributed by atoms with Crippen molar-refractivity contribution in [2.75, 3.05) is 13.7 Å². The van der Waals surface area contributed by atoms with Gasteiger partial charge in [0.15, 0.2) is 6.61 Å². The number of hydrogen-bond donors (Lipinski definition) is 0. The molecule has 0 radical (unpaired) electrons. The number of non-ortho nitro benzene ring substituents is 1. The molecule has 0 heterocycles. The lowest BCUT2D eigenvalue weighted by molar-refractivity contribution is -0.384. The fourth-order valence-electron chi connectivity index (χ4n) is 2.60. The zero-order valence-corrected chi connectivity index (χ0v) is 14.9. The van der Waals surface area contributed by atoms with Gasteiger partial charge >= 0.3 is 0 Å². The van der Waals surface area contributed by atoms with Crippen LogP contribution in [0, 0.1) is 24.0 Å². The lowest BCUT2D eigenvalue weighted by atomic mass is 10.1. The number of para-hydroxylation sites is 1. The number of carbonyl (C=O) groups excluding carboxylic acids is 1. The van der Waals surface area contributed by atoms with Gasteiger partial charge in [-0.3, -0.25) is 14.9 Å². The van der Waals surface area contributed by atoms with E-state index in [4.69, 9.17) is 4.74 Å². The van der Waals surface area contributed by atoms with Crippen molar-refractivity contribution in [2.45, 2.75) is 26.8 Å². The molecule has 132 valence electrons. The minimum atomic E-state index is -0.442. The van der Waals surface area contributed by atoms with Gasteiger partial charge in [0.25, 0.3) is 11.6 Å². The first-order valence-corrected chi connectivity index (χ1v) is 8.00. The molecule has 6 heteroatoms. The first-order chi connectivity index (χ1) is 11.8. The summed E-state index contributed by atoms with van der Waals surface area (Å²) >= 11 is 0. The summed E-state index contributed by atoms with van der Waals surface area (Å²) in [5.41, 5.74) is 2.67. The molecule has 2 aromatic carbocycles. The highest BCUT2D eigenvalue weighted by atomic mass is 16.6. The standard InChI is InChI=1S/C19H22N2O4/c1-13-7-5-8-14(2)19(13)25-12-18(22)20(4)15(3)16-9-6-10-17(11-16)21(23)24/h5-11,15H,12H2,1-4H3/t15-/m0/s1. The fourth-order valence-corrected chi connectivity index (χ4v) is 2.60. The Bertz CT molecular complexity index is 768. The van der Waals surface area contributed by atoms with Crippen LogP contribution in [0.25, 0.3) is 0 Å². The van der Waals surface area contributed by atoms with Crippen LogP contribution in [0.1, 0.15) is 29.7 Å². The SMILES string of the molecule is Cc1cccc(C)c1OCC(=O)N(C)[C@@H](C)c1cccc([N+](=O)[O-])c1. The number of rotatable bonds is 6. The maximum atomic E-state index is 12.4. The van der Waals surface area contributed by atoms with E-state index in [1.807, 2.05) is 39.0 Å². The summed E-state index contributed by atoms with van der Waals surface area (Å²) in [5, 5.41) is 10.9. The molecule has 0 bridgehead atoms. The quantitative estimate of drug-likeness (QED) is 0.591. The molecule has 2 aromatic rings. The Balaban J connectivity index is 2.06. The Kier molecular flexibility index (Phi) is 5.75. The second-order valence-corrected chi connectivity index (χ2v) is 6.04. The number of carbonyl (C=O) groups is 1. The van der Waals surface area contributed by atoms with Crippen LogP contribution in [0.15, 0.2) is 42.5 Å². The summed E-state index contributed by atoms with van der Waals surface area (Å²) in [5.74, 6) is 0.522. The molecule has 2 rings (SSSR count). The van der Waals surface area contributed by atoms with E-state index in [0.29, 0.717) is 11.3 Å². The monoisotopic (exact) mass is 342 g/mol. The highest BCUT2D eigenvalue weighted by molar-refractivity contribution is 5.78. The Hall–Kier alpha value is -2.89. The summed E-state index contributed by atoms with van der Waals surface area (Å²) < 4.78 is 5.70. The number of ether oxygens (including phenoxy) is 1. The molecular weight excluding hydrogens is 320 g/mol. The van der Waals surface area contributed by atoms with E-state index in [1.54, 1.807) is 19.2 Å². The van der Waals surface area contributed by atoms with Gasteiger partial charge in [0.1, 0.15) is 5.75 Å². The Morgan fingerprint density at radius 3 is 2.40 bits per heavy atom. The van der Waals surface area contributed by atoms with Crippen LogP contribution in [0.3, 0.4) is 0 Å². The normalized spacial score (nSPS) is 11.7. The molecule has 1 atom stereocenters. The van der Waals surface area contributed by atoms with Crippen molar-refractivity contribution in [1.82, 2.24) is 4.90 Å². The molecule has 0 saturated heterocycles. The van der Waals surface area contributed by atoms with Gasteiger partial charge in [0, 0.05) is 19.2 Å². The summed E-state index contributed by atoms with van der Waals surface area (Å²) in [6, 6.07) is 11.8. The second-order valence-electron chi connectivity index (χ2n) is 6.04. The largest absolute Gasteiger partial charge is 0.483 e. The van der Waals surface area contributed by atoms with Crippen molar-refractivity contribution < 1.29 is 14.5 Å². The highest BCUT2D eigenvalue weighted by Crippen LogP contribution is 2.25. The zero-order chi connectivity index (χ0) is 18.6. The Morgan fingerprint density at radius 1 is 1.20 bits per heavy atom. The van der Waals surface area contributed by atoms with Crippen LogP contribution in [0.2, 0.25) is 0 Å². The minimum absolute atomic E-state index is 0.0111. The molecule has 0 saturated carbocycles. The van der Waals surface area contributed by atoms with E-state index < -0.39 is 4.92 Å². The van der Waals surface area contributed by atoms with Crippen LogP contribution in [0.5, 0.6) is 5.75 Å². The smallest absolute Gasteiger partial charge is 0.269 e. The number of nitro groups is 1. The molecule has 6 nitrogen and oxygen atoms in total. The number of aryl methyl sites for hydroxylation is 2. The van der Waals surface area contributed by atoms with Crippen LogP contribution < -0.4 is 4.74 Å². The Labute approximate surface area is 147 Å². The number of likely N-dealkylation sites (N-methyl/N-ethyl adjacent to an activating group) is 1. The van der Waals surface area contributed by atoms with Crippen LogP contribution >= 0.6 is 0 Å².